The van der Waals surface area contributed by atoms with Crippen LogP contribution >= 0.6 is 0 Å². The first-order valence-corrected chi connectivity index (χ1v) is 5.45. The van der Waals surface area contributed by atoms with Gasteiger partial charge in [0.15, 0.2) is 0 Å². The van der Waals surface area contributed by atoms with Crippen LogP contribution < -0.4 is 17.4 Å². The van der Waals surface area contributed by atoms with Gasteiger partial charge in [0, 0.05) is 32.4 Å². The summed E-state index contributed by atoms with van der Waals surface area (Å²) in [5.74, 6) is -1.92. The monoisotopic (exact) mass is 444 g/mol. The molecule has 0 bridgehead atoms. The SMILES string of the molecule is CC(=O)O.CC(=O)[O-].C[C-]=O.C[C-]=O.C[C-]=O.N.N.O.[O]=[Zn].[Zn]. The van der Waals surface area contributed by atoms with Gasteiger partial charge in [-0.25, -0.2) is 0 Å². The zero-order valence-electron chi connectivity index (χ0n) is 14.1. The summed E-state index contributed by atoms with van der Waals surface area (Å²) in [5, 5.41) is 16.3. The second-order valence-electron chi connectivity index (χ2n) is 1.62. The van der Waals surface area contributed by atoms with Crippen LogP contribution in [-0.2, 0) is 65.3 Å². The number of hydrogen-bond acceptors (Lipinski definition) is 9. The van der Waals surface area contributed by atoms with Crippen LogP contribution in [0.2, 0.25) is 0 Å². The van der Waals surface area contributed by atoms with Crippen molar-refractivity contribution in [2.24, 2.45) is 0 Å². The Morgan fingerprint density at radius 3 is 0.870 bits per heavy atom. The Labute approximate surface area is 158 Å². The molecule has 0 radical (unpaired) electrons. The Morgan fingerprint density at radius 2 is 0.870 bits per heavy atom. The van der Waals surface area contributed by atoms with Crippen LogP contribution in [0.4, 0.5) is 0 Å². The number of carboxylic acid groups (broad SMARTS) is 2. The van der Waals surface area contributed by atoms with Crippen molar-refractivity contribution in [3.63, 3.8) is 0 Å². The van der Waals surface area contributed by atoms with E-state index in [4.69, 9.17) is 37.8 Å². The third-order valence-corrected chi connectivity index (χ3v) is 0. The molecule has 13 heteroatoms. The predicted molar refractivity (Wildman–Crippen MR) is 72.4 cm³/mol. The van der Waals surface area contributed by atoms with Crippen LogP contribution in [0.25, 0.3) is 0 Å². The minimum atomic E-state index is -1.08. The van der Waals surface area contributed by atoms with Crippen LogP contribution in [0.3, 0.4) is 0 Å². The third kappa shape index (κ3) is 5900. The fourth-order valence-electron chi connectivity index (χ4n) is 0. The second kappa shape index (κ2) is 133. The Kier molecular flexibility index (Phi) is 391. The zero-order valence-corrected chi connectivity index (χ0v) is 20.1. The van der Waals surface area contributed by atoms with Crippen LogP contribution in [0, 0.1) is 0 Å². The minimum absolute atomic E-state index is 0. The molecular weight excluding hydrogens is 423 g/mol. The normalized spacial score (nSPS) is 4.13. The fraction of sp³-hybridized carbons (Fsp3) is 0.500. The smallest absolute Gasteiger partial charge is 0 e. The molecule has 0 aromatic carbocycles. The number of hydrogen-bond donors (Lipinski definition) is 3. The molecule has 0 aliphatic heterocycles. The van der Waals surface area contributed by atoms with E-state index in [9.17, 15) is 0 Å². The number of carbonyl (C=O) groups is 2. The topological polar surface area (TPSA) is 247 Å². The summed E-state index contributed by atoms with van der Waals surface area (Å²) >= 11 is 0.125. The largest absolute Gasteiger partial charge is 0 e. The summed E-state index contributed by atoms with van der Waals surface area (Å²) in [6.07, 6.45) is 4.50. The average molecular weight is 447 g/mol. The summed E-state index contributed by atoms with van der Waals surface area (Å²) in [6.45, 7) is 6.01. The third-order valence-electron chi connectivity index (χ3n) is 0. The maximum absolute atomic E-state index is 9.00. The van der Waals surface area contributed by atoms with E-state index in [2.05, 4.69) is 0 Å². The number of carboxylic acids is 2. The Morgan fingerprint density at radius 1 is 0.870 bits per heavy atom. The first kappa shape index (κ1) is 67.6. The first-order valence-electron chi connectivity index (χ1n) is 4.24. The van der Waals surface area contributed by atoms with Gasteiger partial charge in [-0.2, -0.15) is 20.8 Å². The molecule has 0 saturated heterocycles. The van der Waals surface area contributed by atoms with Crippen molar-refractivity contribution in [1.82, 2.24) is 12.3 Å². The molecule has 136 valence electrons. The molecule has 11 nitrogen and oxygen atoms in total. The Balaban J connectivity index is -0.0000000108. The molecular formula is C10H24N2O9Zn2-4. The molecule has 0 aliphatic rings. The van der Waals surface area contributed by atoms with Crippen molar-refractivity contribution < 1.29 is 81.0 Å². The van der Waals surface area contributed by atoms with Crippen molar-refractivity contribution >= 4 is 30.8 Å². The van der Waals surface area contributed by atoms with Crippen molar-refractivity contribution in [3.8, 4) is 0 Å². The van der Waals surface area contributed by atoms with E-state index in [0.717, 1.165) is 13.8 Å². The van der Waals surface area contributed by atoms with Gasteiger partial charge in [0.25, 0.3) is 5.97 Å². The minimum Gasteiger partial charge on any atom is 0 e. The molecule has 0 rings (SSSR count). The van der Waals surface area contributed by atoms with Crippen molar-refractivity contribution in [2.45, 2.75) is 34.6 Å². The Bertz CT molecular complexity index is 186. The maximum Gasteiger partial charge on any atom is 0 e. The molecule has 0 saturated carbocycles. The van der Waals surface area contributed by atoms with E-state index < -0.39 is 11.9 Å². The molecule has 9 N–H and O–H groups in total. The van der Waals surface area contributed by atoms with E-state index in [1.54, 1.807) is 0 Å². The fourth-order valence-corrected chi connectivity index (χ4v) is 0. The number of rotatable bonds is 0. The maximum atomic E-state index is 9.00. The van der Waals surface area contributed by atoms with Gasteiger partial charge >= 0.3 is 21.8 Å². The van der Waals surface area contributed by atoms with Gasteiger partial charge in [-0.1, -0.05) is 0 Å². The van der Waals surface area contributed by atoms with Gasteiger partial charge in [0.1, 0.15) is 0 Å². The van der Waals surface area contributed by atoms with Crippen LogP contribution in [0.1, 0.15) is 34.6 Å². The average Bonchev–Trinajstić information content (AvgIpc) is 2.21. The Hall–Kier alpha value is -1.12. The second-order valence-corrected chi connectivity index (χ2v) is 1.62. The molecule has 0 amide bonds. The first-order chi connectivity index (χ1) is 8.71. The number of aliphatic carboxylic acids is 2. The van der Waals surface area contributed by atoms with Crippen LogP contribution in [0.5, 0.6) is 0 Å². The summed E-state index contributed by atoms with van der Waals surface area (Å²) in [6, 6.07) is 0. The molecule has 0 unspecified atom stereocenters. The summed E-state index contributed by atoms with van der Waals surface area (Å²) in [7, 11) is 0. The molecule has 0 aromatic rings. The van der Waals surface area contributed by atoms with Crippen molar-refractivity contribution in [1.29, 1.82) is 0 Å². The quantitative estimate of drug-likeness (QED) is 0.288. The van der Waals surface area contributed by atoms with E-state index >= 15 is 0 Å². The standard InChI is InChI=1S/2C2H4O2.3C2H3O.2H3N.H2O.O.2Zn/c2*1-2(3)4;3*1-2-3;;;;;;/h2*1H3,(H,3,4);3*1H3;2*1H3;1H2;;;/q;;3*-1;;;;;;/p-1. The van der Waals surface area contributed by atoms with Gasteiger partial charge in [-0.05, 0) is 6.92 Å². The van der Waals surface area contributed by atoms with E-state index in [-0.39, 0.29) is 55.5 Å². The van der Waals surface area contributed by atoms with E-state index in [1.807, 2.05) is 0 Å². The molecule has 0 fully saturated rings. The zero-order chi connectivity index (χ0) is 17.3. The van der Waals surface area contributed by atoms with Crippen LogP contribution in [-0.4, -0.2) is 41.4 Å². The van der Waals surface area contributed by atoms with Gasteiger partial charge < -0.3 is 47.2 Å². The van der Waals surface area contributed by atoms with Crippen molar-refractivity contribution in [2.75, 3.05) is 0 Å². The van der Waals surface area contributed by atoms with Crippen molar-refractivity contribution in [3.05, 3.63) is 0 Å². The van der Waals surface area contributed by atoms with Gasteiger partial charge in [-0.15, -0.1) is 0 Å². The summed E-state index contributed by atoms with van der Waals surface area (Å²) in [5.41, 5.74) is 0. The van der Waals surface area contributed by atoms with Gasteiger partial charge in [0.05, 0.1) is 0 Å². The van der Waals surface area contributed by atoms with Gasteiger partial charge in [0.2, 0.25) is 0 Å². The number of carbonyl (C=O) groups excluding carboxylic acids is 4. The molecule has 0 aliphatic carbocycles. The summed E-state index contributed by atoms with van der Waals surface area (Å²) < 4.78 is 8.38. The van der Waals surface area contributed by atoms with Gasteiger partial charge in [-0.3, -0.25) is 23.7 Å². The van der Waals surface area contributed by atoms with Crippen LogP contribution in [0.15, 0.2) is 0 Å². The molecule has 0 atom stereocenters. The van der Waals surface area contributed by atoms with E-state index in [0.29, 0.717) is 0 Å². The van der Waals surface area contributed by atoms with E-state index in [1.165, 1.54) is 39.6 Å². The predicted octanol–water partition coefficient (Wildman–Crippen LogP) is -1.43. The molecule has 0 aromatic heterocycles. The molecule has 0 heterocycles. The summed E-state index contributed by atoms with van der Waals surface area (Å²) in [4.78, 5) is 43.9. The molecule has 0 spiro atoms. The molecule has 23 heavy (non-hydrogen) atoms.